The standard InChI is InChI=1S/C14H21NO3/c1-14(8-4-3-5-9-14)12(15)10-6-7-11(18-10)13(16)17-2/h6-7,12H,3-5,8-9,15H2,1-2H3. The van der Waals surface area contributed by atoms with E-state index in [2.05, 4.69) is 11.7 Å². The number of hydrogen-bond donors (Lipinski definition) is 1. The Morgan fingerprint density at radius 2 is 2.06 bits per heavy atom. The maximum absolute atomic E-state index is 11.3. The molecule has 0 saturated heterocycles. The minimum absolute atomic E-state index is 0.0729. The minimum Gasteiger partial charge on any atom is -0.463 e. The number of rotatable bonds is 3. The van der Waals surface area contributed by atoms with Crippen LogP contribution in [0.15, 0.2) is 16.5 Å². The van der Waals surface area contributed by atoms with E-state index in [-0.39, 0.29) is 17.2 Å². The van der Waals surface area contributed by atoms with Gasteiger partial charge in [0.05, 0.1) is 13.2 Å². The van der Waals surface area contributed by atoms with Crippen molar-refractivity contribution in [2.45, 2.75) is 45.1 Å². The van der Waals surface area contributed by atoms with Crippen LogP contribution in [0.25, 0.3) is 0 Å². The van der Waals surface area contributed by atoms with E-state index in [1.165, 1.54) is 26.4 Å². The van der Waals surface area contributed by atoms with E-state index in [1.807, 2.05) is 0 Å². The van der Waals surface area contributed by atoms with Crippen LogP contribution in [0.4, 0.5) is 0 Å². The molecule has 1 aliphatic rings. The van der Waals surface area contributed by atoms with Gasteiger partial charge in [-0.05, 0) is 30.4 Å². The normalized spacial score (nSPS) is 20.4. The van der Waals surface area contributed by atoms with Crippen molar-refractivity contribution < 1.29 is 13.9 Å². The number of furan rings is 1. The third-order valence-corrected chi connectivity index (χ3v) is 4.07. The summed E-state index contributed by atoms with van der Waals surface area (Å²) in [6.45, 7) is 2.21. The Morgan fingerprint density at radius 1 is 1.39 bits per heavy atom. The lowest BCUT2D eigenvalue weighted by atomic mass is 9.70. The van der Waals surface area contributed by atoms with Crippen molar-refractivity contribution in [3.8, 4) is 0 Å². The van der Waals surface area contributed by atoms with Gasteiger partial charge in [0.15, 0.2) is 0 Å². The minimum atomic E-state index is -0.456. The van der Waals surface area contributed by atoms with Crippen molar-refractivity contribution in [1.29, 1.82) is 0 Å². The molecule has 1 fully saturated rings. The predicted octanol–water partition coefficient (Wildman–Crippen LogP) is 3.04. The van der Waals surface area contributed by atoms with Gasteiger partial charge in [-0.1, -0.05) is 26.2 Å². The van der Waals surface area contributed by atoms with E-state index in [1.54, 1.807) is 12.1 Å². The maximum Gasteiger partial charge on any atom is 0.373 e. The molecule has 0 bridgehead atoms. The molecule has 4 heteroatoms. The van der Waals surface area contributed by atoms with Gasteiger partial charge in [0.1, 0.15) is 5.76 Å². The number of ether oxygens (including phenoxy) is 1. The van der Waals surface area contributed by atoms with E-state index in [0.717, 1.165) is 12.8 Å². The molecule has 1 atom stereocenters. The average Bonchev–Trinajstić information content (AvgIpc) is 2.87. The van der Waals surface area contributed by atoms with Crippen LogP contribution in [0.3, 0.4) is 0 Å². The summed E-state index contributed by atoms with van der Waals surface area (Å²) in [4.78, 5) is 11.3. The smallest absolute Gasteiger partial charge is 0.373 e. The molecular weight excluding hydrogens is 230 g/mol. The first-order chi connectivity index (χ1) is 8.57. The second-order valence-electron chi connectivity index (χ2n) is 5.39. The highest BCUT2D eigenvalue weighted by Crippen LogP contribution is 2.44. The Hall–Kier alpha value is -1.29. The van der Waals surface area contributed by atoms with Crippen LogP contribution in [-0.2, 0) is 4.74 Å². The Labute approximate surface area is 107 Å². The molecule has 0 aliphatic heterocycles. The molecule has 18 heavy (non-hydrogen) atoms. The molecule has 0 amide bonds. The lowest BCUT2D eigenvalue weighted by Gasteiger charge is -2.37. The second kappa shape index (κ2) is 5.14. The van der Waals surface area contributed by atoms with Gasteiger partial charge < -0.3 is 14.9 Å². The van der Waals surface area contributed by atoms with Gasteiger partial charge >= 0.3 is 5.97 Å². The zero-order valence-electron chi connectivity index (χ0n) is 11.1. The van der Waals surface area contributed by atoms with Gasteiger partial charge in [-0.2, -0.15) is 0 Å². The van der Waals surface area contributed by atoms with E-state index in [4.69, 9.17) is 10.2 Å². The highest BCUT2D eigenvalue weighted by Gasteiger charge is 2.36. The van der Waals surface area contributed by atoms with E-state index in [0.29, 0.717) is 5.76 Å². The third kappa shape index (κ3) is 2.43. The lowest BCUT2D eigenvalue weighted by molar-refractivity contribution is 0.0558. The van der Waals surface area contributed by atoms with Crippen molar-refractivity contribution in [3.63, 3.8) is 0 Å². The second-order valence-corrected chi connectivity index (χ2v) is 5.39. The molecule has 1 heterocycles. The van der Waals surface area contributed by atoms with Crippen molar-refractivity contribution >= 4 is 5.97 Å². The van der Waals surface area contributed by atoms with Crippen LogP contribution < -0.4 is 5.73 Å². The number of carbonyl (C=O) groups is 1. The number of nitrogens with two attached hydrogens (primary N) is 1. The SMILES string of the molecule is COC(=O)c1ccc(C(N)C2(C)CCCCC2)o1. The molecule has 2 rings (SSSR count). The molecule has 1 unspecified atom stereocenters. The number of esters is 1. The predicted molar refractivity (Wildman–Crippen MR) is 68.2 cm³/mol. The van der Waals surface area contributed by atoms with E-state index >= 15 is 0 Å². The van der Waals surface area contributed by atoms with Crippen LogP contribution in [0, 0.1) is 5.41 Å². The van der Waals surface area contributed by atoms with Gasteiger partial charge in [-0.15, -0.1) is 0 Å². The molecule has 1 aliphatic carbocycles. The summed E-state index contributed by atoms with van der Waals surface area (Å²) in [7, 11) is 1.34. The Bertz CT molecular complexity index is 418. The summed E-state index contributed by atoms with van der Waals surface area (Å²) >= 11 is 0. The van der Waals surface area contributed by atoms with Crippen LogP contribution >= 0.6 is 0 Å². The Morgan fingerprint density at radius 3 is 2.67 bits per heavy atom. The third-order valence-electron chi connectivity index (χ3n) is 4.07. The quantitative estimate of drug-likeness (QED) is 0.838. The first-order valence-corrected chi connectivity index (χ1v) is 6.50. The maximum atomic E-state index is 11.3. The Kier molecular flexibility index (Phi) is 3.76. The summed E-state index contributed by atoms with van der Waals surface area (Å²) < 4.78 is 10.1. The zero-order valence-corrected chi connectivity index (χ0v) is 11.1. The van der Waals surface area contributed by atoms with Gasteiger partial charge in [-0.25, -0.2) is 4.79 Å². The number of methoxy groups -OCH3 is 1. The summed E-state index contributed by atoms with van der Waals surface area (Å²) in [6.07, 6.45) is 5.95. The van der Waals surface area contributed by atoms with Gasteiger partial charge in [0.2, 0.25) is 5.76 Å². The van der Waals surface area contributed by atoms with Crippen molar-refractivity contribution in [3.05, 3.63) is 23.7 Å². The molecule has 100 valence electrons. The van der Waals surface area contributed by atoms with E-state index in [9.17, 15) is 4.79 Å². The summed E-state index contributed by atoms with van der Waals surface area (Å²) in [5.74, 6) is 0.449. The molecule has 0 radical (unpaired) electrons. The summed E-state index contributed by atoms with van der Waals surface area (Å²) in [6, 6.07) is 3.26. The molecule has 1 saturated carbocycles. The molecule has 0 spiro atoms. The van der Waals surface area contributed by atoms with Crippen molar-refractivity contribution in [1.82, 2.24) is 0 Å². The Balaban J connectivity index is 2.15. The largest absolute Gasteiger partial charge is 0.463 e. The monoisotopic (exact) mass is 251 g/mol. The molecule has 4 nitrogen and oxygen atoms in total. The molecule has 0 aromatic carbocycles. The van der Waals surface area contributed by atoms with Crippen LogP contribution in [-0.4, -0.2) is 13.1 Å². The van der Waals surface area contributed by atoms with Crippen LogP contribution in [0.2, 0.25) is 0 Å². The fourth-order valence-corrected chi connectivity index (χ4v) is 2.74. The number of hydrogen-bond acceptors (Lipinski definition) is 4. The van der Waals surface area contributed by atoms with Crippen molar-refractivity contribution in [2.24, 2.45) is 11.1 Å². The molecular formula is C14H21NO3. The highest BCUT2D eigenvalue weighted by atomic mass is 16.5. The first kappa shape index (κ1) is 13.1. The van der Waals surface area contributed by atoms with Gasteiger partial charge in [0.25, 0.3) is 0 Å². The van der Waals surface area contributed by atoms with Crippen molar-refractivity contribution in [2.75, 3.05) is 7.11 Å². The zero-order chi connectivity index (χ0) is 13.2. The highest BCUT2D eigenvalue weighted by molar-refractivity contribution is 5.86. The average molecular weight is 251 g/mol. The van der Waals surface area contributed by atoms with Crippen LogP contribution in [0.5, 0.6) is 0 Å². The fourth-order valence-electron chi connectivity index (χ4n) is 2.74. The fraction of sp³-hybridized carbons (Fsp3) is 0.643. The van der Waals surface area contributed by atoms with Crippen LogP contribution in [0.1, 0.15) is 61.4 Å². The number of carbonyl (C=O) groups excluding carboxylic acids is 1. The molecule has 1 aromatic rings. The molecule has 1 aromatic heterocycles. The first-order valence-electron chi connectivity index (χ1n) is 6.50. The summed E-state index contributed by atoms with van der Waals surface area (Å²) in [5, 5.41) is 0. The van der Waals surface area contributed by atoms with E-state index < -0.39 is 5.97 Å². The summed E-state index contributed by atoms with van der Waals surface area (Å²) in [5.41, 5.74) is 6.39. The van der Waals surface area contributed by atoms with Gasteiger partial charge in [-0.3, -0.25) is 0 Å². The topological polar surface area (TPSA) is 65.5 Å². The lowest BCUT2D eigenvalue weighted by Crippen LogP contribution is -2.33. The molecule has 2 N–H and O–H groups in total. The van der Waals surface area contributed by atoms with Gasteiger partial charge in [0, 0.05) is 0 Å².